The lowest BCUT2D eigenvalue weighted by atomic mass is 10.1. The second-order valence-electron chi connectivity index (χ2n) is 7.96. The number of aromatic nitrogens is 2. The molecule has 0 spiro atoms. The topological polar surface area (TPSA) is 83.2 Å². The van der Waals surface area contributed by atoms with Crippen LogP contribution < -0.4 is 10.1 Å². The Hall–Kier alpha value is -3.79. The van der Waals surface area contributed by atoms with Crippen LogP contribution in [0, 0.1) is 11.3 Å². The van der Waals surface area contributed by atoms with E-state index in [1.807, 2.05) is 41.1 Å². The minimum absolute atomic E-state index is 0.0564. The molecule has 0 unspecified atom stereocenters. The van der Waals surface area contributed by atoms with Crippen LogP contribution in [0.3, 0.4) is 0 Å². The highest BCUT2D eigenvalue weighted by atomic mass is 16.5. The molecule has 1 N–H and O–H groups in total. The van der Waals surface area contributed by atoms with Crippen LogP contribution in [0.1, 0.15) is 36.6 Å². The number of benzene rings is 2. The molecule has 2 amide bonds. The van der Waals surface area contributed by atoms with Crippen molar-refractivity contribution in [3.63, 3.8) is 0 Å². The standard InChI is InChI=1S/C24H25N5O2/c1-17(2)22-12-23(29(27-22)14-19-6-4-3-5-7-19)26-24(30)28-15-21(16-28)31-20-10-8-18(13-25)9-11-20/h3-12,17,21H,14-16H2,1-2H3,(H,26,30). The van der Waals surface area contributed by atoms with Gasteiger partial charge in [-0.25, -0.2) is 9.48 Å². The number of likely N-dealkylation sites (tertiary alicyclic amines) is 1. The average Bonchev–Trinajstić information content (AvgIpc) is 3.14. The summed E-state index contributed by atoms with van der Waals surface area (Å²) >= 11 is 0. The van der Waals surface area contributed by atoms with Crippen molar-refractivity contribution >= 4 is 11.8 Å². The van der Waals surface area contributed by atoms with Crippen LogP contribution in [-0.2, 0) is 6.54 Å². The normalized spacial score (nSPS) is 13.5. The molecule has 0 saturated carbocycles. The van der Waals surface area contributed by atoms with Gasteiger partial charge in [0.25, 0.3) is 0 Å². The number of nitriles is 1. The number of urea groups is 1. The van der Waals surface area contributed by atoms with Gasteiger partial charge in [-0.15, -0.1) is 0 Å². The summed E-state index contributed by atoms with van der Waals surface area (Å²) in [5, 5.41) is 16.6. The molecule has 2 heterocycles. The first-order chi connectivity index (χ1) is 15.0. The fraction of sp³-hybridized carbons (Fsp3) is 0.292. The number of anilines is 1. The Balaban J connectivity index is 1.36. The van der Waals surface area contributed by atoms with Crippen LogP contribution >= 0.6 is 0 Å². The summed E-state index contributed by atoms with van der Waals surface area (Å²) < 4.78 is 7.71. The number of nitrogens with one attached hydrogen (secondary N) is 1. The molecular formula is C24H25N5O2. The first-order valence-corrected chi connectivity index (χ1v) is 10.4. The van der Waals surface area contributed by atoms with Gasteiger partial charge in [0.1, 0.15) is 17.7 Å². The zero-order valence-corrected chi connectivity index (χ0v) is 17.7. The Morgan fingerprint density at radius 1 is 1.19 bits per heavy atom. The molecule has 4 rings (SSSR count). The Bertz CT molecular complexity index is 1080. The summed E-state index contributed by atoms with van der Waals surface area (Å²) in [4.78, 5) is 14.5. The van der Waals surface area contributed by atoms with Crippen molar-refractivity contribution in [1.82, 2.24) is 14.7 Å². The van der Waals surface area contributed by atoms with Crippen molar-refractivity contribution in [1.29, 1.82) is 5.26 Å². The number of hydrogen-bond donors (Lipinski definition) is 1. The van der Waals surface area contributed by atoms with Crippen LogP contribution in [0.25, 0.3) is 0 Å². The maximum atomic E-state index is 12.7. The highest BCUT2D eigenvalue weighted by Gasteiger charge is 2.33. The van der Waals surface area contributed by atoms with Crippen LogP contribution in [0.4, 0.5) is 10.6 Å². The van der Waals surface area contributed by atoms with E-state index >= 15 is 0 Å². The maximum Gasteiger partial charge on any atom is 0.323 e. The van der Waals surface area contributed by atoms with E-state index in [9.17, 15) is 4.79 Å². The molecule has 31 heavy (non-hydrogen) atoms. The largest absolute Gasteiger partial charge is 0.487 e. The molecular weight excluding hydrogens is 390 g/mol. The van der Waals surface area contributed by atoms with E-state index in [0.29, 0.717) is 36.8 Å². The molecule has 7 nitrogen and oxygen atoms in total. The Labute approximate surface area is 181 Å². The van der Waals surface area contributed by atoms with Gasteiger partial charge >= 0.3 is 6.03 Å². The molecule has 1 aliphatic heterocycles. The zero-order valence-electron chi connectivity index (χ0n) is 17.7. The van der Waals surface area contributed by atoms with Gasteiger partial charge in [0, 0.05) is 6.07 Å². The highest BCUT2D eigenvalue weighted by molar-refractivity contribution is 5.89. The van der Waals surface area contributed by atoms with Crippen molar-refractivity contribution in [2.45, 2.75) is 32.4 Å². The lowest BCUT2D eigenvalue weighted by Gasteiger charge is -2.38. The van der Waals surface area contributed by atoms with Gasteiger partial charge < -0.3 is 9.64 Å². The molecule has 1 aliphatic rings. The molecule has 1 aromatic heterocycles. The van der Waals surface area contributed by atoms with Gasteiger partial charge in [-0.3, -0.25) is 5.32 Å². The van der Waals surface area contributed by atoms with Crippen LogP contribution in [-0.4, -0.2) is 39.9 Å². The second kappa shape index (κ2) is 8.92. The quantitative estimate of drug-likeness (QED) is 0.653. The number of nitrogens with zero attached hydrogens (tertiary/aromatic N) is 4. The van der Waals surface area contributed by atoms with Gasteiger partial charge in [0.15, 0.2) is 0 Å². The monoisotopic (exact) mass is 415 g/mol. The fourth-order valence-electron chi connectivity index (χ4n) is 3.36. The molecule has 2 aromatic carbocycles. The minimum Gasteiger partial charge on any atom is -0.487 e. The lowest BCUT2D eigenvalue weighted by Crippen LogP contribution is -2.57. The molecule has 0 bridgehead atoms. The van der Waals surface area contributed by atoms with Gasteiger partial charge in [-0.2, -0.15) is 10.4 Å². The van der Waals surface area contributed by atoms with E-state index < -0.39 is 0 Å². The number of hydrogen-bond acceptors (Lipinski definition) is 4. The number of ether oxygens (including phenoxy) is 1. The van der Waals surface area contributed by atoms with Crippen molar-refractivity contribution in [2.24, 2.45) is 0 Å². The second-order valence-corrected chi connectivity index (χ2v) is 7.96. The van der Waals surface area contributed by atoms with Crippen LogP contribution in [0.2, 0.25) is 0 Å². The predicted molar refractivity (Wildman–Crippen MR) is 118 cm³/mol. The minimum atomic E-state index is -0.163. The molecule has 0 radical (unpaired) electrons. The average molecular weight is 415 g/mol. The predicted octanol–water partition coefficient (Wildman–Crippen LogP) is 4.22. The lowest BCUT2D eigenvalue weighted by molar-refractivity contribution is 0.0492. The van der Waals surface area contributed by atoms with E-state index in [4.69, 9.17) is 10.00 Å². The van der Waals surface area contributed by atoms with E-state index in [2.05, 4.69) is 30.3 Å². The Morgan fingerprint density at radius 3 is 2.55 bits per heavy atom. The van der Waals surface area contributed by atoms with Crippen molar-refractivity contribution in [3.8, 4) is 11.8 Å². The van der Waals surface area contributed by atoms with Gasteiger partial charge in [0.05, 0.1) is 37.0 Å². The van der Waals surface area contributed by atoms with Gasteiger partial charge in [-0.05, 0) is 35.7 Å². The van der Waals surface area contributed by atoms with Gasteiger partial charge in [0.2, 0.25) is 0 Å². The van der Waals surface area contributed by atoms with E-state index in [-0.39, 0.29) is 18.1 Å². The van der Waals surface area contributed by atoms with Crippen LogP contribution in [0.5, 0.6) is 5.75 Å². The molecule has 1 fully saturated rings. The first kappa shape index (κ1) is 20.5. The molecule has 3 aromatic rings. The van der Waals surface area contributed by atoms with E-state index in [1.54, 1.807) is 29.2 Å². The van der Waals surface area contributed by atoms with Crippen LogP contribution in [0.15, 0.2) is 60.7 Å². The van der Waals surface area contributed by atoms with Crippen molar-refractivity contribution in [3.05, 3.63) is 77.5 Å². The molecule has 1 saturated heterocycles. The maximum absolute atomic E-state index is 12.7. The third kappa shape index (κ3) is 4.86. The Morgan fingerprint density at radius 2 is 1.90 bits per heavy atom. The SMILES string of the molecule is CC(C)c1cc(NC(=O)N2CC(Oc3ccc(C#N)cc3)C2)n(Cc2ccccc2)n1. The molecule has 0 atom stereocenters. The number of amides is 2. The summed E-state index contributed by atoms with van der Waals surface area (Å²) in [5.41, 5.74) is 2.66. The summed E-state index contributed by atoms with van der Waals surface area (Å²) in [6, 6.07) is 20.9. The molecule has 0 aliphatic carbocycles. The fourth-order valence-corrected chi connectivity index (χ4v) is 3.36. The van der Waals surface area contributed by atoms with E-state index in [1.165, 1.54) is 0 Å². The smallest absolute Gasteiger partial charge is 0.323 e. The summed E-state index contributed by atoms with van der Waals surface area (Å²) in [5.74, 6) is 1.66. The number of carbonyl (C=O) groups excluding carboxylic acids is 1. The number of carbonyl (C=O) groups is 1. The van der Waals surface area contributed by atoms with Crippen molar-refractivity contribution in [2.75, 3.05) is 18.4 Å². The number of rotatable bonds is 6. The summed E-state index contributed by atoms with van der Waals surface area (Å²) in [6.07, 6.45) is -0.0564. The van der Waals surface area contributed by atoms with Crippen molar-refractivity contribution < 1.29 is 9.53 Å². The first-order valence-electron chi connectivity index (χ1n) is 10.4. The molecule has 158 valence electrons. The van der Waals surface area contributed by atoms with Gasteiger partial charge in [-0.1, -0.05) is 44.2 Å². The summed E-state index contributed by atoms with van der Waals surface area (Å²) in [6.45, 7) is 5.78. The third-order valence-electron chi connectivity index (χ3n) is 5.22. The zero-order chi connectivity index (χ0) is 21.8. The Kier molecular flexibility index (Phi) is 5.89. The van der Waals surface area contributed by atoms with E-state index in [0.717, 1.165) is 11.3 Å². The molecule has 7 heteroatoms. The summed E-state index contributed by atoms with van der Waals surface area (Å²) in [7, 11) is 0. The third-order valence-corrected chi connectivity index (χ3v) is 5.22. The highest BCUT2D eigenvalue weighted by Crippen LogP contribution is 2.22.